The van der Waals surface area contributed by atoms with Gasteiger partial charge < -0.3 is 9.72 Å². The van der Waals surface area contributed by atoms with Crippen molar-refractivity contribution in [1.29, 1.82) is 5.26 Å². The highest BCUT2D eigenvalue weighted by atomic mass is 16.5. The van der Waals surface area contributed by atoms with E-state index in [1.165, 1.54) is 4.57 Å². The molecule has 0 aliphatic carbocycles. The summed E-state index contributed by atoms with van der Waals surface area (Å²) in [6.45, 7) is 0.268. The molecule has 0 unspecified atom stereocenters. The molecule has 32 heavy (non-hydrogen) atoms. The second-order valence-corrected chi connectivity index (χ2v) is 7.14. The molecule has 5 rings (SSSR count). The van der Waals surface area contributed by atoms with Crippen molar-refractivity contribution in [3.05, 3.63) is 107 Å². The van der Waals surface area contributed by atoms with Gasteiger partial charge in [0.1, 0.15) is 6.61 Å². The molecule has 0 radical (unpaired) electrons. The summed E-state index contributed by atoms with van der Waals surface area (Å²) in [6.07, 6.45) is 4.84. The van der Waals surface area contributed by atoms with Crippen LogP contribution in [-0.4, -0.2) is 19.5 Å². The van der Waals surface area contributed by atoms with Crippen LogP contribution in [0.5, 0.6) is 5.88 Å². The van der Waals surface area contributed by atoms with E-state index in [1.807, 2.05) is 48.5 Å². The molecule has 1 N–H and O–H groups in total. The summed E-state index contributed by atoms with van der Waals surface area (Å²) in [6, 6.07) is 22.8. The van der Waals surface area contributed by atoms with Crippen LogP contribution in [0.4, 0.5) is 0 Å². The van der Waals surface area contributed by atoms with Crippen molar-refractivity contribution in [2.45, 2.75) is 6.61 Å². The molecular formula is C25H17N5O2. The van der Waals surface area contributed by atoms with Crippen LogP contribution in [0.3, 0.4) is 0 Å². The van der Waals surface area contributed by atoms with Gasteiger partial charge in [0, 0.05) is 35.6 Å². The first-order valence-corrected chi connectivity index (χ1v) is 9.96. The molecular weight excluding hydrogens is 402 g/mol. The molecule has 0 spiro atoms. The van der Waals surface area contributed by atoms with E-state index < -0.39 is 0 Å². The molecule has 0 fully saturated rings. The topological polar surface area (TPSA) is 96.6 Å². The lowest BCUT2D eigenvalue weighted by Gasteiger charge is -2.11. The summed E-state index contributed by atoms with van der Waals surface area (Å²) in [5.41, 5.74) is 3.76. The molecule has 7 nitrogen and oxygen atoms in total. The van der Waals surface area contributed by atoms with Gasteiger partial charge in [-0.3, -0.25) is 9.55 Å². The first-order chi connectivity index (χ1) is 15.7. The zero-order valence-corrected chi connectivity index (χ0v) is 16.9. The molecule has 154 valence electrons. The maximum Gasteiger partial charge on any atom is 0.330 e. The monoisotopic (exact) mass is 419 g/mol. The van der Waals surface area contributed by atoms with Crippen molar-refractivity contribution < 1.29 is 4.74 Å². The Labute approximate surface area is 183 Å². The number of aromatic amines is 1. The van der Waals surface area contributed by atoms with Crippen molar-refractivity contribution in [3.8, 4) is 28.9 Å². The highest BCUT2D eigenvalue weighted by Gasteiger charge is 2.15. The Kier molecular flexibility index (Phi) is 4.94. The third kappa shape index (κ3) is 3.61. The Morgan fingerprint density at radius 1 is 1.03 bits per heavy atom. The number of hydrogen-bond donors (Lipinski definition) is 1. The fraction of sp³-hybridized carbons (Fsp3) is 0.0400. The molecule has 5 aromatic rings. The average molecular weight is 419 g/mol. The fourth-order valence-electron chi connectivity index (χ4n) is 3.60. The number of aromatic nitrogens is 4. The number of nitriles is 1. The van der Waals surface area contributed by atoms with E-state index in [0.717, 1.165) is 16.5 Å². The number of rotatable bonds is 5. The van der Waals surface area contributed by atoms with E-state index in [2.05, 4.69) is 21.0 Å². The quantitative estimate of drug-likeness (QED) is 0.460. The summed E-state index contributed by atoms with van der Waals surface area (Å²) in [5, 5.41) is 10.8. The van der Waals surface area contributed by atoms with Gasteiger partial charge in [0.25, 0.3) is 0 Å². The predicted octanol–water partition coefficient (Wildman–Crippen LogP) is 4.23. The van der Waals surface area contributed by atoms with Crippen LogP contribution < -0.4 is 10.4 Å². The number of fused-ring (bicyclic) bond motifs is 1. The van der Waals surface area contributed by atoms with Gasteiger partial charge in [-0.1, -0.05) is 30.3 Å². The third-order valence-electron chi connectivity index (χ3n) is 5.14. The Morgan fingerprint density at radius 2 is 1.88 bits per heavy atom. The van der Waals surface area contributed by atoms with E-state index in [4.69, 9.17) is 4.74 Å². The second kappa shape index (κ2) is 8.20. The van der Waals surface area contributed by atoms with Gasteiger partial charge in [0.05, 0.1) is 28.5 Å². The standard InChI is InChI=1S/C25H17N5O2/c26-14-19-13-17(16-32-24-8-6-18-3-1-2-4-22(18)29-24)5-7-21(19)23-15-28-25(31)30(23)20-9-11-27-12-10-20/h1-13,15H,16H2,(H,28,31). The smallest absolute Gasteiger partial charge is 0.330 e. The number of H-pyrrole nitrogens is 1. The largest absolute Gasteiger partial charge is 0.473 e. The Bertz CT molecular complexity index is 1510. The van der Waals surface area contributed by atoms with Gasteiger partial charge in [-0.2, -0.15) is 5.26 Å². The molecule has 0 saturated carbocycles. The number of para-hydroxylation sites is 1. The summed E-state index contributed by atoms with van der Waals surface area (Å²) < 4.78 is 7.37. The minimum atomic E-state index is -0.287. The van der Waals surface area contributed by atoms with Crippen molar-refractivity contribution >= 4 is 10.9 Å². The van der Waals surface area contributed by atoms with Gasteiger partial charge in [-0.25, -0.2) is 9.78 Å². The summed E-state index contributed by atoms with van der Waals surface area (Å²) in [4.78, 5) is 23.6. The fourth-order valence-corrected chi connectivity index (χ4v) is 3.60. The number of imidazole rings is 1. The van der Waals surface area contributed by atoms with Gasteiger partial charge >= 0.3 is 5.69 Å². The first-order valence-electron chi connectivity index (χ1n) is 9.96. The normalized spacial score (nSPS) is 10.7. The lowest BCUT2D eigenvalue weighted by molar-refractivity contribution is 0.295. The van der Waals surface area contributed by atoms with Crippen LogP contribution in [0.2, 0.25) is 0 Å². The Morgan fingerprint density at radius 3 is 2.72 bits per heavy atom. The molecule has 0 saturated heterocycles. The molecule has 0 amide bonds. The zero-order chi connectivity index (χ0) is 21.9. The predicted molar refractivity (Wildman–Crippen MR) is 120 cm³/mol. The van der Waals surface area contributed by atoms with E-state index in [9.17, 15) is 10.1 Å². The van der Waals surface area contributed by atoms with Crippen molar-refractivity contribution in [1.82, 2.24) is 19.5 Å². The summed E-state index contributed by atoms with van der Waals surface area (Å²) in [5.74, 6) is 0.517. The van der Waals surface area contributed by atoms with Gasteiger partial charge in [0.2, 0.25) is 5.88 Å². The van der Waals surface area contributed by atoms with Crippen LogP contribution in [0.25, 0.3) is 27.8 Å². The molecule has 0 aliphatic rings. The van der Waals surface area contributed by atoms with E-state index in [-0.39, 0.29) is 12.3 Å². The highest BCUT2D eigenvalue weighted by molar-refractivity contribution is 5.78. The number of nitrogens with one attached hydrogen (secondary N) is 1. The van der Waals surface area contributed by atoms with Crippen molar-refractivity contribution in [2.24, 2.45) is 0 Å². The van der Waals surface area contributed by atoms with E-state index in [1.54, 1.807) is 36.8 Å². The van der Waals surface area contributed by atoms with Crippen LogP contribution >= 0.6 is 0 Å². The van der Waals surface area contributed by atoms with Crippen LogP contribution in [0, 0.1) is 11.3 Å². The molecule has 0 atom stereocenters. The summed E-state index contributed by atoms with van der Waals surface area (Å²) in [7, 11) is 0. The molecule has 3 aromatic heterocycles. The maximum atomic E-state index is 12.4. The highest BCUT2D eigenvalue weighted by Crippen LogP contribution is 2.26. The molecule has 7 heteroatoms. The zero-order valence-electron chi connectivity index (χ0n) is 16.9. The number of pyridine rings is 2. The van der Waals surface area contributed by atoms with Crippen LogP contribution in [-0.2, 0) is 6.61 Å². The second-order valence-electron chi connectivity index (χ2n) is 7.14. The molecule has 0 bridgehead atoms. The third-order valence-corrected chi connectivity index (χ3v) is 5.14. The van der Waals surface area contributed by atoms with Crippen LogP contribution in [0.1, 0.15) is 11.1 Å². The minimum absolute atomic E-state index is 0.268. The molecule has 0 aliphatic heterocycles. The minimum Gasteiger partial charge on any atom is -0.473 e. The van der Waals surface area contributed by atoms with Crippen molar-refractivity contribution in [3.63, 3.8) is 0 Å². The van der Waals surface area contributed by atoms with E-state index >= 15 is 0 Å². The lowest BCUT2D eigenvalue weighted by Crippen LogP contribution is -2.15. The van der Waals surface area contributed by atoms with Gasteiger partial charge in [0.15, 0.2) is 0 Å². The number of hydrogen-bond acceptors (Lipinski definition) is 5. The molecule has 2 aromatic carbocycles. The van der Waals surface area contributed by atoms with Gasteiger partial charge in [-0.05, 0) is 35.9 Å². The SMILES string of the molecule is N#Cc1cc(COc2ccc3ccccc3n2)ccc1-c1c[nH]c(=O)n1-c1ccncc1. The van der Waals surface area contributed by atoms with Gasteiger partial charge in [-0.15, -0.1) is 0 Å². The Balaban J connectivity index is 1.44. The first kappa shape index (κ1) is 19.3. The summed E-state index contributed by atoms with van der Waals surface area (Å²) >= 11 is 0. The van der Waals surface area contributed by atoms with E-state index in [0.29, 0.717) is 28.4 Å². The lowest BCUT2D eigenvalue weighted by atomic mass is 10.0. The maximum absolute atomic E-state index is 12.4. The Hall–Kier alpha value is -4.70. The average Bonchev–Trinajstić information content (AvgIpc) is 3.24. The number of benzene rings is 2. The number of nitrogens with zero attached hydrogens (tertiary/aromatic N) is 4. The van der Waals surface area contributed by atoms with Crippen LogP contribution in [0.15, 0.2) is 90.1 Å². The van der Waals surface area contributed by atoms with Crippen molar-refractivity contribution in [2.75, 3.05) is 0 Å². The number of ether oxygens (including phenoxy) is 1. The molecule has 3 heterocycles.